The second-order valence-electron chi connectivity index (χ2n) is 8.24. The van der Waals surface area contributed by atoms with Crippen LogP contribution in [0.2, 0.25) is 0 Å². The van der Waals surface area contributed by atoms with Gasteiger partial charge in [0.25, 0.3) is 5.91 Å². The van der Waals surface area contributed by atoms with Gasteiger partial charge in [-0.05, 0) is 73.1 Å². The Bertz CT molecular complexity index is 1100. The molecule has 152 valence electrons. The van der Waals surface area contributed by atoms with Gasteiger partial charge in [-0.25, -0.2) is 0 Å². The van der Waals surface area contributed by atoms with E-state index in [2.05, 4.69) is 15.1 Å². The zero-order valence-electron chi connectivity index (χ0n) is 16.7. The van der Waals surface area contributed by atoms with Crippen LogP contribution in [0.15, 0.2) is 54.7 Å². The molecular weight excluding hydrogens is 376 g/mol. The fourth-order valence-corrected chi connectivity index (χ4v) is 4.42. The molecule has 3 aromatic rings. The maximum absolute atomic E-state index is 13.4. The van der Waals surface area contributed by atoms with Crippen LogP contribution in [0.4, 0.5) is 0 Å². The summed E-state index contributed by atoms with van der Waals surface area (Å²) < 4.78 is 0. The molecular formula is C24H24N4O2. The molecule has 1 aromatic heterocycles. The molecule has 2 amide bonds. The SMILES string of the molecule is NC(=O)c1cccc(-c2ccc(C(=O)N(C3CC3)C3CCc4[nH]ncc4C3)cc2)c1. The Hall–Kier alpha value is -3.41. The van der Waals surface area contributed by atoms with Crippen LogP contribution >= 0.6 is 0 Å². The minimum Gasteiger partial charge on any atom is -0.366 e. The summed E-state index contributed by atoms with van der Waals surface area (Å²) in [5.41, 5.74) is 10.9. The average Bonchev–Trinajstić information content (AvgIpc) is 3.49. The third kappa shape index (κ3) is 3.49. The van der Waals surface area contributed by atoms with E-state index in [4.69, 9.17) is 5.73 Å². The molecule has 1 atom stereocenters. The van der Waals surface area contributed by atoms with Gasteiger partial charge < -0.3 is 10.6 Å². The van der Waals surface area contributed by atoms with Gasteiger partial charge in [-0.2, -0.15) is 5.10 Å². The zero-order valence-corrected chi connectivity index (χ0v) is 16.7. The van der Waals surface area contributed by atoms with Gasteiger partial charge in [-0.15, -0.1) is 0 Å². The molecule has 2 aromatic carbocycles. The predicted molar refractivity (Wildman–Crippen MR) is 114 cm³/mol. The Labute approximate surface area is 175 Å². The molecule has 1 heterocycles. The average molecular weight is 400 g/mol. The van der Waals surface area contributed by atoms with E-state index in [1.165, 1.54) is 11.3 Å². The van der Waals surface area contributed by atoms with E-state index in [1.807, 2.05) is 42.6 Å². The quantitative estimate of drug-likeness (QED) is 0.688. The van der Waals surface area contributed by atoms with Crippen molar-refractivity contribution < 1.29 is 9.59 Å². The molecule has 3 N–H and O–H groups in total. The standard InChI is InChI=1S/C24H24N4O2/c25-23(29)18-3-1-2-17(12-18)15-4-6-16(7-5-15)24(30)28(20-8-9-20)21-10-11-22-19(13-21)14-26-27-22/h1-7,12,14,20-21H,8-11,13H2,(H2,25,29)(H,26,27). The van der Waals surface area contributed by atoms with E-state index < -0.39 is 5.91 Å². The van der Waals surface area contributed by atoms with Crippen molar-refractivity contribution in [2.45, 2.75) is 44.2 Å². The van der Waals surface area contributed by atoms with Crippen LogP contribution < -0.4 is 5.73 Å². The monoisotopic (exact) mass is 400 g/mol. The van der Waals surface area contributed by atoms with Crippen LogP contribution in [0.5, 0.6) is 0 Å². The van der Waals surface area contributed by atoms with Crippen molar-refractivity contribution in [3.05, 3.63) is 77.1 Å². The molecule has 0 bridgehead atoms. The molecule has 2 aliphatic carbocycles. The van der Waals surface area contributed by atoms with Crippen LogP contribution in [-0.4, -0.2) is 39.0 Å². The van der Waals surface area contributed by atoms with Crippen LogP contribution in [0.3, 0.4) is 0 Å². The van der Waals surface area contributed by atoms with Gasteiger partial charge >= 0.3 is 0 Å². The summed E-state index contributed by atoms with van der Waals surface area (Å²) in [6.07, 6.45) is 6.83. The van der Waals surface area contributed by atoms with Crippen LogP contribution in [0.25, 0.3) is 11.1 Å². The number of hydrogen-bond donors (Lipinski definition) is 2. The van der Waals surface area contributed by atoms with Gasteiger partial charge in [0.05, 0.1) is 6.20 Å². The zero-order chi connectivity index (χ0) is 20.7. The number of primary amides is 1. The minimum absolute atomic E-state index is 0.104. The molecule has 1 unspecified atom stereocenters. The molecule has 6 nitrogen and oxygen atoms in total. The van der Waals surface area contributed by atoms with Crippen LogP contribution in [0.1, 0.15) is 51.2 Å². The van der Waals surface area contributed by atoms with E-state index in [-0.39, 0.29) is 11.9 Å². The van der Waals surface area contributed by atoms with Gasteiger partial charge in [-0.3, -0.25) is 14.7 Å². The van der Waals surface area contributed by atoms with Gasteiger partial charge in [0.1, 0.15) is 0 Å². The largest absolute Gasteiger partial charge is 0.366 e. The number of carbonyl (C=O) groups is 2. The minimum atomic E-state index is -0.447. The highest BCUT2D eigenvalue weighted by molar-refractivity contribution is 5.96. The lowest BCUT2D eigenvalue weighted by Gasteiger charge is -2.34. The topological polar surface area (TPSA) is 92.1 Å². The van der Waals surface area contributed by atoms with Crippen molar-refractivity contribution in [3.63, 3.8) is 0 Å². The summed E-state index contributed by atoms with van der Waals surface area (Å²) in [7, 11) is 0. The van der Waals surface area contributed by atoms with Crippen LogP contribution in [0, 0.1) is 0 Å². The van der Waals surface area contributed by atoms with Gasteiger partial charge in [-0.1, -0.05) is 24.3 Å². The van der Waals surface area contributed by atoms with E-state index in [9.17, 15) is 9.59 Å². The fourth-order valence-electron chi connectivity index (χ4n) is 4.42. The lowest BCUT2D eigenvalue weighted by Crippen LogP contribution is -2.44. The van der Waals surface area contributed by atoms with E-state index >= 15 is 0 Å². The van der Waals surface area contributed by atoms with E-state index in [1.54, 1.807) is 12.1 Å². The van der Waals surface area contributed by atoms with Crippen molar-refractivity contribution in [1.29, 1.82) is 0 Å². The summed E-state index contributed by atoms with van der Waals surface area (Å²) >= 11 is 0. The highest BCUT2D eigenvalue weighted by atomic mass is 16.2. The first kappa shape index (κ1) is 18.6. The molecule has 2 aliphatic rings. The number of hydrogen-bond acceptors (Lipinski definition) is 3. The van der Waals surface area contributed by atoms with Crippen molar-refractivity contribution in [2.24, 2.45) is 5.73 Å². The summed E-state index contributed by atoms with van der Waals surface area (Å²) in [4.78, 5) is 27.0. The number of amides is 2. The Morgan fingerprint density at radius 2 is 1.77 bits per heavy atom. The van der Waals surface area contributed by atoms with E-state index in [0.717, 1.165) is 43.2 Å². The molecule has 1 saturated carbocycles. The first-order valence-electron chi connectivity index (χ1n) is 10.4. The number of H-pyrrole nitrogens is 1. The number of benzene rings is 2. The van der Waals surface area contributed by atoms with Gasteiger partial charge in [0.15, 0.2) is 0 Å². The molecule has 0 radical (unpaired) electrons. The molecule has 5 rings (SSSR count). The lowest BCUT2D eigenvalue weighted by atomic mass is 9.91. The number of aromatic amines is 1. The molecule has 0 spiro atoms. The summed E-state index contributed by atoms with van der Waals surface area (Å²) in [6.45, 7) is 0. The van der Waals surface area contributed by atoms with Crippen LogP contribution in [-0.2, 0) is 12.8 Å². The Morgan fingerprint density at radius 1 is 0.967 bits per heavy atom. The molecule has 30 heavy (non-hydrogen) atoms. The number of fused-ring (bicyclic) bond motifs is 1. The highest BCUT2D eigenvalue weighted by Gasteiger charge is 2.39. The summed E-state index contributed by atoms with van der Waals surface area (Å²) in [5, 5.41) is 7.23. The smallest absolute Gasteiger partial charge is 0.254 e. The summed E-state index contributed by atoms with van der Waals surface area (Å²) in [6, 6.07) is 15.4. The number of nitrogens with zero attached hydrogens (tertiary/aromatic N) is 2. The van der Waals surface area contributed by atoms with Crippen molar-refractivity contribution in [1.82, 2.24) is 15.1 Å². The Kier molecular flexibility index (Phi) is 4.62. The maximum atomic E-state index is 13.4. The Morgan fingerprint density at radius 3 is 2.50 bits per heavy atom. The molecule has 1 fully saturated rings. The number of rotatable bonds is 5. The highest BCUT2D eigenvalue weighted by Crippen LogP contribution is 2.34. The second kappa shape index (κ2) is 7.44. The predicted octanol–water partition coefficient (Wildman–Crippen LogP) is 3.34. The normalized spacial score (nSPS) is 17.9. The Balaban J connectivity index is 1.37. The first-order valence-corrected chi connectivity index (χ1v) is 10.4. The van der Waals surface area contributed by atoms with E-state index in [0.29, 0.717) is 17.2 Å². The number of nitrogens with one attached hydrogen (secondary N) is 1. The number of carbonyl (C=O) groups excluding carboxylic acids is 2. The molecule has 6 heteroatoms. The summed E-state index contributed by atoms with van der Waals surface area (Å²) in [5.74, 6) is -0.344. The molecule has 0 aliphatic heterocycles. The van der Waals surface area contributed by atoms with Crippen molar-refractivity contribution in [2.75, 3.05) is 0 Å². The molecule has 0 saturated heterocycles. The third-order valence-corrected chi connectivity index (χ3v) is 6.17. The maximum Gasteiger partial charge on any atom is 0.254 e. The third-order valence-electron chi connectivity index (χ3n) is 6.17. The number of aryl methyl sites for hydroxylation is 1. The van der Waals surface area contributed by atoms with Gasteiger partial charge in [0, 0.05) is 28.9 Å². The first-order chi connectivity index (χ1) is 14.6. The van der Waals surface area contributed by atoms with Crippen molar-refractivity contribution >= 4 is 11.8 Å². The second-order valence-corrected chi connectivity index (χ2v) is 8.24. The van der Waals surface area contributed by atoms with Gasteiger partial charge in [0.2, 0.25) is 5.91 Å². The van der Waals surface area contributed by atoms with Crippen molar-refractivity contribution in [3.8, 4) is 11.1 Å². The lowest BCUT2D eigenvalue weighted by molar-refractivity contribution is 0.0642. The number of nitrogens with two attached hydrogens (primary N) is 1. The number of aromatic nitrogens is 2. The fraction of sp³-hybridized carbons (Fsp3) is 0.292.